The number of nitrogens with zero attached hydrogens (tertiary/aromatic N) is 1. The van der Waals surface area contributed by atoms with Crippen LogP contribution >= 0.6 is 0 Å². The fourth-order valence-corrected chi connectivity index (χ4v) is 1.47. The Kier molecular flexibility index (Phi) is 2.43. The van der Waals surface area contributed by atoms with Gasteiger partial charge in [0.15, 0.2) is 0 Å². The molecule has 2 rings (SSSR count). The smallest absolute Gasteiger partial charge is 0.0432 e. The van der Waals surface area contributed by atoms with Crippen LogP contribution in [0.2, 0.25) is 0 Å². The van der Waals surface area contributed by atoms with Crippen molar-refractivity contribution in [2.45, 2.75) is 13.0 Å². The summed E-state index contributed by atoms with van der Waals surface area (Å²) in [5.74, 6) is 5.39. The molecule has 0 amide bonds. The van der Waals surface area contributed by atoms with Crippen LogP contribution in [0, 0.1) is 0 Å². The van der Waals surface area contributed by atoms with Gasteiger partial charge in [-0.15, -0.1) is 0 Å². The van der Waals surface area contributed by atoms with Crippen molar-refractivity contribution in [2.24, 2.45) is 5.84 Å². The van der Waals surface area contributed by atoms with Crippen molar-refractivity contribution in [3.8, 4) is 0 Å². The van der Waals surface area contributed by atoms with Gasteiger partial charge < -0.3 is 0 Å². The van der Waals surface area contributed by atoms with Crippen molar-refractivity contribution in [1.82, 2.24) is 10.4 Å². The molecule has 0 saturated heterocycles. The van der Waals surface area contributed by atoms with E-state index < -0.39 is 0 Å². The fourth-order valence-electron chi connectivity index (χ4n) is 1.47. The van der Waals surface area contributed by atoms with E-state index >= 15 is 0 Å². The van der Waals surface area contributed by atoms with Gasteiger partial charge >= 0.3 is 0 Å². The first kappa shape index (κ1) is 9.12. The molecular weight excluding hydrogens is 174 g/mol. The maximum absolute atomic E-state index is 5.39. The second-order valence-corrected chi connectivity index (χ2v) is 3.37. The SMILES string of the molecule is CC(NN)c1ccc2cnccc2c1. The summed E-state index contributed by atoms with van der Waals surface area (Å²) in [4.78, 5) is 4.07. The van der Waals surface area contributed by atoms with Gasteiger partial charge in [-0.2, -0.15) is 0 Å². The lowest BCUT2D eigenvalue weighted by molar-refractivity contribution is 0.603. The summed E-state index contributed by atoms with van der Waals surface area (Å²) in [6.45, 7) is 2.03. The van der Waals surface area contributed by atoms with Crippen molar-refractivity contribution in [2.75, 3.05) is 0 Å². The van der Waals surface area contributed by atoms with E-state index in [4.69, 9.17) is 5.84 Å². The number of rotatable bonds is 2. The molecule has 1 aromatic heterocycles. The standard InChI is InChI=1S/C11H13N3/c1-8(14-12)9-2-3-11-7-13-5-4-10(11)6-9/h2-8,14H,12H2,1H3. The number of pyridine rings is 1. The van der Waals surface area contributed by atoms with E-state index in [1.54, 1.807) is 6.20 Å². The van der Waals surface area contributed by atoms with Crippen molar-refractivity contribution in [3.05, 3.63) is 42.2 Å². The second-order valence-electron chi connectivity index (χ2n) is 3.37. The number of aromatic nitrogens is 1. The van der Waals surface area contributed by atoms with Crippen LogP contribution in [0.4, 0.5) is 0 Å². The third kappa shape index (κ3) is 1.60. The molecule has 14 heavy (non-hydrogen) atoms. The lowest BCUT2D eigenvalue weighted by Crippen LogP contribution is -2.25. The summed E-state index contributed by atoms with van der Waals surface area (Å²) >= 11 is 0. The fraction of sp³-hybridized carbons (Fsp3) is 0.182. The van der Waals surface area contributed by atoms with E-state index in [1.807, 2.05) is 19.2 Å². The normalized spacial score (nSPS) is 13.0. The minimum Gasteiger partial charge on any atom is -0.271 e. The number of nitrogens with two attached hydrogens (primary N) is 1. The zero-order chi connectivity index (χ0) is 9.97. The molecule has 1 atom stereocenters. The largest absolute Gasteiger partial charge is 0.271 e. The van der Waals surface area contributed by atoms with Gasteiger partial charge in [0.25, 0.3) is 0 Å². The van der Waals surface area contributed by atoms with Crippen LogP contribution in [0.1, 0.15) is 18.5 Å². The lowest BCUT2D eigenvalue weighted by Gasteiger charge is -2.10. The minimum absolute atomic E-state index is 0.174. The van der Waals surface area contributed by atoms with Crippen molar-refractivity contribution in [3.63, 3.8) is 0 Å². The molecule has 0 aliphatic rings. The Morgan fingerprint density at radius 2 is 2.14 bits per heavy atom. The topological polar surface area (TPSA) is 50.9 Å². The highest BCUT2D eigenvalue weighted by Crippen LogP contribution is 2.18. The number of fused-ring (bicyclic) bond motifs is 1. The zero-order valence-electron chi connectivity index (χ0n) is 8.07. The molecule has 1 aromatic carbocycles. The Bertz CT molecular complexity index is 439. The first-order chi connectivity index (χ1) is 6.81. The van der Waals surface area contributed by atoms with Crippen LogP contribution in [0.5, 0.6) is 0 Å². The third-order valence-electron chi connectivity index (χ3n) is 2.41. The Morgan fingerprint density at radius 3 is 2.93 bits per heavy atom. The van der Waals surface area contributed by atoms with Gasteiger partial charge in [-0.1, -0.05) is 12.1 Å². The van der Waals surface area contributed by atoms with Gasteiger partial charge in [0.1, 0.15) is 0 Å². The highest BCUT2D eigenvalue weighted by Gasteiger charge is 2.02. The number of hydrogen-bond acceptors (Lipinski definition) is 3. The Hall–Kier alpha value is -1.45. The molecular formula is C11H13N3. The molecule has 0 spiro atoms. The van der Waals surface area contributed by atoms with Crippen LogP contribution < -0.4 is 11.3 Å². The second kappa shape index (κ2) is 3.74. The Labute approximate surface area is 82.9 Å². The van der Waals surface area contributed by atoms with Gasteiger partial charge in [0, 0.05) is 23.8 Å². The van der Waals surface area contributed by atoms with E-state index in [-0.39, 0.29) is 6.04 Å². The molecule has 1 unspecified atom stereocenters. The average Bonchev–Trinajstić information content (AvgIpc) is 2.27. The summed E-state index contributed by atoms with van der Waals surface area (Å²) < 4.78 is 0. The minimum atomic E-state index is 0.174. The number of benzene rings is 1. The quantitative estimate of drug-likeness (QED) is 0.556. The molecule has 0 bridgehead atoms. The van der Waals surface area contributed by atoms with Crippen LogP contribution in [0.3, 0.4) is 0 Å². The van der Waals surface area contributed by atoms with E-state index in [2.05, 4.69) is 28.6 Å². The number of hydrazine groups is 1. The predicted molar refractivity (Wildman–Crippen MR) is 57.5 cm³/mol. The maximum Gasteiger partial charge on any atom is 0.0432 e. The first-order valence-electron chi connectivity index (χ1n) is 4.61. The molecule has 0 radical (unpaired) electrons. The molecule has 0 aliphatic heterocycles. The Balaban J connectivity index is 2.51. The third-order valence-corrected chi connectivity index (χ3v) is 2.41. The summed E-state index contributed by atoms with van der Waals surface area (Å²) in [5.41, 5.74) is 3.92. The molecule has 0 saturated carbocycles. The number of nitrogens with one attached hydrogen (secondary N) is 1. The van der Waals surface area contributed by atoms with Crippen molar-refractivity contribution in [1.29, 1.82) is 0 Å². The van der Waals surface area contributed by atoms with Crippen LogP contribution in [-0.2, 0) is 0 Å². The average molecular weight is 187 g/mol. The lowest BCUT2D eigenvalue weighted by atomic mass is 10.0. The molecule has 2 aromatic rings. The van der Waals surface area contributed by atoms with Crippen molar-refractivity contribution < 1.29 is 0 Å². The van der Waals surface area contributed by atoms with E-state index in [0.29, 0.717) is 0 Å². The molecule has 1 heterocycles. The zero-order valence-corrected chi connectivity index (χ0v) is 8.07. The van der Waals surface area contributed by atoms with Gasteiger partial charge in [-0.3, -0.25) is 16.3 Å². The van der Waals surface area contributed by atoms with Gasteiger partial charge in [-0.05, 0) is 30.0 Å². The molecule has 0 fully saturated rings. The highest BCUT2D eigenvalue weighted by molar-refractivity contribution is 5.82. The van der Waals surface area contributed by atoms with E-state index in [9.17, 15) is 0 Å². The van der Waals surface area contributed by atoms with Gasteiger partial charge in [0.05, 0.1) is 0 Å². The summed E-state index contributed by atoms with van der Waals surface area (Å²) in [5, 5.41) is 2.35. The molecule has 0 aliphatic carbocycles. The highest BCUT2D eigenvalue weighted by atomic mass is 15.2. The predicted octanol–water partition coefficient (Wildman–Crippen LogP) is 1.76. The molecule has 3 N–H and O–H groups in total. The van der Waals surface area contributed by atoms with Crippen LogP contribution in [-0.4, -0.2) is 4.98 Å². The Morgan fingerprint density at radius 1 is 1.29 bits per heavy atom. The van der Waals surface area contributed by atoms with Gasteiger partial charge in [0.2, 0.25) is 0 Å². The molecule has 72 valence electrons. The maximum atomic E-state index is 5.39. The monoisotopic (exact) mass is 187 g/mol. The summed E-state index contributed by atoms with van der Waals surface area (Å²) in [7, 11) is 0. The van der Waals surface area contributed by atoms with Crippen LogP contribution in [0.15, 0.2) is 36.7 Å². The molecule has 3 nitrogen and oxygen atoms in total. The number of hydrogen-bond donors (Lipinski definition) is 2. The van der Waals surface area contributed by atoms with Gasteiger partial charge in [-0.25, -0.2) is 0 Å². The summed E-state index contributed by atoms with van der Waals surface area (Å²) in [6, 6.07) is 8.43. The van der Waals surface area contributed by atoms with E-state index in [1.165, 1.54) is 10.9 Å². The van der Waals surface area contributed by atoms with E-state index in [0.717, 1.165) is 5.39 Å². The molecule has 3 heteroatoms. The van der Waals surface area contributed by atoms with Crippen molar-refractivity contribution >= 4 is 10.8 Å². The first-order valence-corrected chi connectivity index (χ1v) is 4.61. The summed E-state index contributed by atoms with van der Waals surface area (Å²) in [6.07, 6.45) is 3.66. The van der Waals surface area contributed by atoms with Crippen LogP contribution in [0.25, 0.3) is 10.8 Å².